The van der Waals surface area contributed by atoms with E-state index in [1.165, 1.54) is 0 Å². The van der Waals surface area contributed by atoms with Crippen molar-refractivity contribution < 1.29 is 9.53 Å². The summed E-state index contributed by atoms with van der Waals surface area (Å²) in [4.78, 5) is 12.1. The minimum atomic E-state index is -0.0471. The van der Waals surface area contributed by atoms with Crippen LogP contribution in [-0.4, -0.2) is 19.1 Å². The summed E-state index contributed by atoms with van der Waals surface area (Å²) in [5.41, 5.74) is 1.63. The summed E-state index contributed by atoms with van der Waals surface area (Å²) >= 11 is 0. The van der Waals surface area contributed by atoms with Crippen molar-refractivity contribution in [1.29, 1.82) is 0 Å². The van der Waals surface area contributed by atoms with Gasteiger partial charge in [-0.15, -0.1) is 6.58 Å². The van der Waals surface area contributed by atoms with E-state index in [-0.39, 0.29) is 11.9 Å². The summed E-state index contributed by atoms with van der Waals surface area (Å²) < 4.78 is 5.27. The van der Waals surface area contributed by atoms with Gasteiger partial charge in [0.05, 0.1) is 7.11 Å². The molecule has 1 aromatic rings. The monoisotopic (exact) mass is 261 g/mol. The molecule has 0 bridgehead atoms. The number of allylic oxidation sites excluding steroid dienone is 1. The minimum Gasteiger partial charge on any atom is -0.496 e. The van der Waals surface area contributed by atoms with Crippen LogP contribution < -0.4 is 10.1 Å². The Morgan fingerprint density at radius 2 is 2.11 bits per heavy atom. The Hall–Kier alpha value is -1.77. The van der Waals surface area contributed by atoms with Gasteiger partial charge in [-0.25, -0.2) is 0 Å². The first kappa shape index (κ1) is 15.3. The number of nitrogens with one attached hydrogen (secondary N) is 1. The van der Waals surface area contributed by atoms with Crippen molar-refractivity contribution in [3.63, 3.8) is 0 Å². The molecule has 1 atom stereocenters. The molecule has 0 aliphatic rings. The summed E-state index contributed by atoms with van der Waals surface area (Å²) in [6.07, 6.45) is 2.49. The van der Waals surface area contributed by atoms with E-state index in [4.69, 9.17) is 4.74 Å². The predicted molar refractivity (Wildman–Crippen MR) is 78.7 cm³/mol. The Bertz CT molecular complexity index is 452. The lowest BCUT2D eigenvalue weighted by Crippen LogP contribution is -2.36. The van der Waals surface area contributed by atoms with Crippen LogP contribution in [0.25, 0.3) is 0 Å². The zero-order chi connectivity index (χ0) is 14.4. The fourth-order valence-electron chi connectivity index (χ4n) is 1.69. The quantitative estimate of drug-likeness (QED) is 0.799. The average molecular weight is 261 g/mol. The third-order valence-corrected chi connectivity index (χ3v) is 3.27. The van der Waals surface area contributed by atoms with E-state index in [0.717, 1.165) is 11.3 Å². The Morgan fingerprint density at radius 1 is 1.42 bits per heavy atom. The number of amides is 1. The van der Waals surface area contributed by atoms with Crippen LogP contribution in [0.1, 0.15) is 36.7 Å². The molecule has 3 nitrogen and oxygen atoms in total. The van der Waals surface area contributed by atoms with E-state index in [9.17, 15) is 4.79 Å². The number of rotatable bonds is 6. The lowest BCUT2D eigenvalue weighted by Gasteiger charge is -2.18. The maximum absolute atomic E-state index is 12.1. The fraction of sp³-hybridized carbons (Fsp3) is 0.438. The molecule has 1 N–H and O–H groups in total. The normalized spacial score (nSPS) is 12.1. The van der Waals surface area contributed by atoms with Gasteiger partial charge < -0.3 is 10.1 Å². The SMILES string of the molecule is C=CCc1cc(C(=O)N[C@@H](C)C(C)C)ccc1OC. The molecule has 0 aromatic heterocycles. The van der Waals surface area contributed by atoms with Crippen LogP contribution in [0.15, 0.2) is 30.9 Å². The van der Waals surface area contributed by atoms with Gasteiger partial charge in [0.2, 0.25) is 0 Å². The maximum atomic E-state index is 12.1. The molecule has 1 amide bonds. The van der Waals surface area contributed by atoms with Crippen LogP contribution in [0.3, 0.4) is 0 Å². The summed E-state index contributed by atoms with van der Waals surface area (Å²) in [5, 5.41) is 3.00. The predicted octanol–water partition coefficient (Wildman–Crippen LogP) is 3.20. The number of hydrogen-bond acceptors (Lipinski definition) is 2. The molecule has 0 spiro atoms. The molecule has 1 rings (SSSR count). The van der Waals surface area contributed by atoms with Crippen molar-refractivity contribution in [1.82, 2.24) is 5.32 Å². The average Bonchev–Trinajstić information content (AvgIpc) is 2.38. The standard InChI is InChI=1S/C16H23NO2/c1-6-7-13-10-14(8-9-15(13)19-5)16(18)17-12(4)11(2)3/h6,8-12H,1,7H2,2-5H3,(H,17,18)/t12-/m0/s1. The van der Waals surface area contributed by atoms with Crippen molar-refractivity contribution in [3.8, 4) is 5.75 Å². The molecule has 104 valence electrons. The zero-order valence-corrected chi connectivity index (χ0v) is 12.2. The number of hydrogen-bond donors (Lipinski definition) is 1. The van der Waals surface area contributed by atoms with Gasteiger partial charge in [0.25, 0.3) is 5.91 Å². The van der Waals surface area contributed by atoms with Crippen LogP contribution in [0.4, 0.5) is 0 Å². The summed E-state index contributed by atoms with van der Waals surface area (Å²) in [5.74, 6) is 1.15. The van der Waals surface area contributed by atoms with E-state index < -0.39 is 0 Å². The van der Waals surface area contributed by atoms with Crippen molar-refractivity contribution >= 4 is 5.91 Å². The number of benzene rings is 1. The molecular formula is C16H23NO2. The molecule has 0 radical (unpaired) electrons. The topological polar surface area (TPSA) is 38.3 Å². The lowest BCUT2D eigenvalue weighted by atomic mass is 10.0. The highest BCUT2D eigenvalue weighted by atomic mass is 16.5. The second kappa shape index (κ2) is 6.98. The summed E-state index contributed by atoms with van der Waals surface area (Å²) in [6, 6.07) is 5.63. The van der Waals surface area contributed by atoms with Crippen molar-refractivity contribution in [3.05, 3.63) is 42.0 Å². The van der Waals surface area contributed by atoms with Crippen LogP contribution in [-0.2, 0) is 6.42 Å². The molecule has 0 saturated carbocycles. The van der Waals surface area contributed by atoms with Crippen molar-refractivity contribution in [2.45, 2.75) is 33.2 Å². The Kier molecular flexibility index (Phi) is 5.61. The highest BCUT2D eigenvalue weighted by Gasteiger charge is 2.14. The lowest BCUT2D eigenvalue weighted by molar-refractivity contribution is 0.0930. The van der Waals surface area contributed by atoms with Crippen LogP contribution in [0.5, 0.6) is 5.75 Å². The van der Waals surface area contributed by atoms with Gasteiger partial charge in [0.15, 0.2) is 0 Å². The van der Waals surface area contributed by atoms with E-state index in [1.54, 1.807) is 19.3 Å². The molecule has 0 unspecified atom stereocenters. The largest absolute Gasteiger partial charge is 0.496 e. The molecule has 0 saturated heterocycles. The van der Waals surface area contributed by atoms with Gasteiger partial charge in [0.1, 0.15) is 5.75 Å². The molecule has 1 aromatic carbocycles. The van der Waals surface area contributed by atoms with Gasteiger partial charge in [-0.05, 0) is 43.0 Å². The molecular weight excluding hydrogens is 238 g/mol. The molecule has 0 aliphatic carbocycles. The first-order valence-electron chi connectivity index (χ1n) is 6.58. The van der Waals surface area contributed by atoms with Gasteiger partial charge in [-0.3, -0.25) is 4.79 Å². The Morgan fingerprint density at radius 3 is 2.63 bits per heavy atom. The number of ether oxygens (including phenoxy) is 1. The van der Waals surface area contributed by atoms with E-state index >= 15 is 0 Å². The third kappa shape index (κ3) is 4.12. The Labute approximate surface area is 115 Å². The second-order valence-corrected chi connectivity index (χ2v) is 5.03. The van der Waals surface area contributed by atoms with Crippen molar-refractivity contribution in [2.24, 2.45) is 5.92 Å². The van der Waals surface area contributed by atoms with Gasteiger partial charge in [0, 0.05) is 11.6 Å². The van der Waals surface area contributed by atoms with Crippen LogP contribution >= 0.6 is 0 Å². The number of carbonyl (C=O) groups excluding carboxylic acids is 1. The number of carbonyl (C=O) groups is 1. The molecule has 0 heterocycles. The van der Waals surface area contributed by atoms with Crippen LogP contribution in [0, 0.1) is 5.92 Å². The summed E-state index contributed by atoms with van der Waals surface area (Å²) in [7, 11) is 1.63. The maximum Gasteiger partial charge on any atom is 0.251 e. The first-order chi connectivity index (χ1) is 8.99. The molecule has 19 heavy (non-hydrogen) atoms. The number of methoxy groups -OCH3 is 1. The summed E-state index contributed by atoms with van der Waals surface area (Å²) in [6.45, 7) is 9.90. The van der Waals surface area contributed by atoms with E-state index in [1.807, 2.05) is 19.1 Å². The molecule has 0 aliphatic heterocycles. The minimum absolute atomic E-state index is 0.0471. The van der Waals surface area contributed by atoms with E-state index in [2.05, 4.69) is 25.7 Å². The van der Waals surface area contributed by atoms with Crippen molar-refractivity contribution in [2.75, 3.05) is 7.11 Å². The van der Waals surface area contributed by atoms with Gasteiger partial charge >= 0.3 is 0 Å². The van der Waals surface area contributed by atoms with Gasteiger partial charge in [-0.1, -0.05) is 19.9 Å². The smallest absolute Gasteiger partial charge is 0.251 e. The first-order valence-corrected chi connectivity index (χ1v) is 6.58. The van der Waals surface area contributed by atoms with Gasteiger partial charge in [-0.2, -0.15) is 0 Å². The fourth-order valence-corrected chi connectivity index (χ4v) is 1.69. The molecule has 0 fully saturated rings. The third-order valence-electron chi connectivity index (χ3n) is 3.27. The zero-order valence-electron chi connectivity index (χ0n) is 12.2. The highest BCUT2D eigenvalue weighted by Crippen LogP contribution is 2.21. The highest BCUT2D eigenvalue weighted by molar-refractivity contribution is 5.94. The van der Waals surface area contributed by atoms with Crippen LogP contribution in [0.2, 0.25) is 0 Å². The van der Waals surface area contributed by atoms with E-state index in [0.29, 0.717) is 17.9 Å². The second-order valence-electron chi connectivity index (χ2n) is 5.03. The molecule has 3 heteroatoms. The Balaban J connectivity index is 2.91.